The lowest BCUT2D eigenvalue weighted by Gasteiger charge is -2.50. The van der Waals surface area contributed by atoms with Crippen LogP contribution in [0.2, 0.25) is 0 Å². The Morgan fingerprint density at radius 2 is 1.54 bits per heavy atom. The second kappa shape index (κ2) is 20.1. The summed E-state index contributed by atoms with van der Waals surface area (Å²) in [6.45, 7) is 17.9. The van der Waals surface area contributed by atoms with Crippen LogP contribution < -0.4 is 0 Å². The highest BCUT2D eigenvalue weighted by Gasteiger charge is 2.53. The number of rotatable bonds is 10. The van der Waals surface area contributed by atoms with Gasteiger partial charge in [-0.15, -0.1) is 0 Å². The number of hydrogen-bond donors (Lipinski definition) is 3. The minimum Gasteiger partial charge on any atom is -0.459 e. The molecule has 1 aromatic rings. The third-order valence-electron chi connectivity index (χ3n) is 13.0. The number of ether oxygens (including phenoxy) is 8. The van der Waals surface area contributed by atoms with Gasteiger partial charge in [-0.1, -0.05) is 39.0 Å². The number of esters is 2. The monoisotopic (exact) mass is 836 g/mol. The first-order chi connectivity index (χ1) is 27.5. The van der Waals surface area contributed by atoms with Crippen molar-refractivity contribution in [2.45, 2.75) is 179 Å². The summed E-state index contributed by atoms with van der Waals surface area (Å²) in [5.74, 6) is -3.29. The molecule has 3 heterocycles. The molecule has 2 fully saturated rings. The summed E-state index contributed by atoms with van der Waals surface area (Å²) in [6.07, 6.45) is -6.02. The quantitative estimate of drug-likeness (QED) is 0.211. The Balaban J connectivity index is 1.90. The number of methoxy groups -OCH3 is 2. The van der Waals surface area contributed by atoms with Crippen molar-refractivity contribution in [1.29, 1.82) is 0 Å². The zero-order valence-electron chi connectivity index (χ0n) is 37.7. The Labute approximate surface area is 351 Å². The van der Waals surface area contributed by atoms with Gasteiger partial charge in [-0.05, 0) is 112 Å². The summed E-state index contributed by atoms with van der Waals surface area (Å²) >= 11 is 0. The van der Waals surface area contributed by atoms with Crippen LogP contribution in [0, 0.1) is 17.8 Å². The van der Waals surface area contributed by atoms with Gasteiger partial charge >= 0.3 is 11.9 Å². The number of cyclic esters (lactones) is 1. The highest BCUT2D eigenvalue weighted by atomic mass is 16.7. The predicted octanol–water partition coefficient (Wildman–Crippen LogP) is 5.05. The van der Waals surface area contributed by atoms with E-state index >= 15 is 0 Å². The van der Waals surface area contributed by atoms with Crippen LogP contribution in [0.1, 0.15) is 105 Å². The number of nitrogens with zero attached hydrogens (tertiary/aromatic N) is 1. The lowest BCUT2D eigenvalue weighted by molar-refractivity contribution is -0.319. The lowest BCUT2D eigenvalue weighted by atomic mass is 9.75. The zero-order valence-corrected chi connectivity index (χ0v) is 37.7. The fourth-order valence-corrected chi connectivity index (χ4v) is 9.29. The van der Waals surface area contributed by atoms with Gasteiger partial charge in [0.05, 0.1) is 59.2 Å². The molecule has 1 aromatic carbocycles. The minimum absolute atomic E-state index is 0.137. The summed E-state index contributed by atoms with van der Waals surface area (Å²) in [7, 11) is 6.92. The number of aliphatic hydroxyl groups excluding tert-OH is 2. The molecule has 0 amide bonds. The molecular formula is C45H73NO13. The van der Waals surface area contributed by atoms with Crippen LogP contribution in [0.4, 0.5) is 0 Å². The Kier molecular flexibility index (Phi) is 16.8. The van der Waals surface area contributed by atoms with Gasteiger partial charge in [-0.2, -0.15) is 0 Å². The Bertz CT molecular complexity index is 1560. The lowest BCUT2D eigenvalue weighted by Crippen LogP contribution is -2.61. The van der Waals surface area contributed by atoms with E-state index in [4.69, 9.17) is 37.9 Å². The Morgan fingerprint density at radius 3 is 2.12 bits per heavy atom. The summed E-state index contributed by atoms with van der Waals surface area (Å²) in [4.78, 5) is 30.1. The van der Waals surface area contributed by atoms with Crippen molar-refractivity contribution in [3.63, 3.8) is 0 Å². The highest BCUT2D eigenvalue weighted by molar-refractivity contribution is 5.89. The largest absolute Gasteiger partial charge is 0.459 e. The van der Waals surface area contributed by atoms with Crippen molar-refractivity contribution in [3.05, 3.63) is 47.5 Å². The molecule has 0 aliphatic carbocycles. The number of hydrogen-bond acceptors (Lipinski definition) is 14. The SMILES string of the molecule is CC[C@H]1OC(=O)[C@H](C)[C@@H](OC2C[C@@](C)(OC)[C@@H](O)[C@H](C)O2)[C@H](C)[C@@H](OC2O[C@H](C)C[C@H](N(C)C)[C@H]2OC(=O)c2ccccc2)[C@](C)(OC)C[C@@H](C)[C@H](O)/C(C)=C\[C@]1(C)O. The molecule has 0 aromatic heterocycles. The van der Waals surface area contributed by atoms with Gasteiger partial charge in [0.15, 0.2) is 18.7 Å². The van der Waals surface area contributed by atoms with Gasteiger partial charge < -0.3 is 58.1 Å². The van der Waals surface area contributed by atoms with Crippen LogP contribution in [-0.2, 0) is 42.7 Å². The predicted molar refractivity (Wildman–Crippen MR) is 220 cm³/mol. The third kappa shape index (κ3) is 11.3. The molecule has 14 nitrogen and oxygen atoms in total. The van der Waals surface area contributed by atoms with Crippen molar-refractivity contribution in [1.82, 2.24) is 4.90 Å². The standard InChI is InChI=1S/C45H73NO13/c1-15-33-43(8,51)22-25(2)35(47)26(3)23-45(10,53-14)39(28(5)36(29(6)40(49)56-33)57-34-24-44(9,52-13)38(48)30(7)55-34)59-42-37(32(46(11)12)21-27(4)54-42)58-41(50)31-19-17-16-18-20-31/h16-20,22,26-30,32-39,42,47-48,51H,15,21,23-24H2,1-14H3/b25-22-/t26-,27-,28+,29-,30+,32+,33-,34?,35-,36+,37-,38+,39-,42?,43+,44-,45-/m1/s1. The molecule has 4 rings (SSSR count). The maximum atomic E-state index is 14.4. The van der Waals surface area contributed by atoms with Gasteiger partial charge in [0.25, 0.3) is 0 Å². The van der Waals surface area contributed by atoms with Crippen LogP contribution >= 0.6 is 0 Å². The third-order valence-corrected chi connectivity index (χ3v) is 13.0. The van der Waals surface area contributed by atoms with Gasteiger partial charge in [0, 0.05) is 26.6 Å². The highest BCUT2D eigenvalue weighted by Crippen LogP contribution is 2.42. The topological polar surface area (TPSA) is 172 Å². The summed E-state index contributed by atoms with van der Waals surface area (Å²) in [6, 6.07) is 8.43. The Morgan fingerprint density at radius 1 is 0.915 bits per heavy atom. The molecule has 0 saturated carbocycles. The maximum Gasteiger partial charge on any atom is 0.338 e. The summed E-state index contributed by atoms with van der Waals surface area (Å²) < 4.78 is 51.5. The molecule has 0 radical (unpaired) electrons. The van der Waals surface area contributed by atoms with E-state index in [1.54, 1.807) is 72.1 Å². The van der Waals surface area contributed by atoms with Gasteiger partial charge in [-0.25, -0.2) is 4.79 Å². The minimum atomic E-state index is -1.61. The Hall–Kier alpha value is -2.50. The fraction of sp³-hybridized carbons (Fsp3) is 0.778. The van der Waals surface area contributed by atoms with Crippen LogP contribution in [0.15, 0.2) is 42.0 Å². The smallest absolute Gasteiger partial charge is 0.338 e. The molecule has 2 saturated heterocycles. The second-order valence-electron chi connectivity index (χ2n) is 18.2. The molecule has 14 heteroatoms. The van der Waals surface area contributed by atoms with E-state index in [2.05, 4.69) is 0 Å². The molecular weight excluding hydrogens is 762 g/mol. The van der Waals surface area contributed by atoms with Crippen LogP contribution in [0.3, 0.4) is 0 Å². The molecule has 2 unspecified atom stereocenters. The zero-order chi connectivity index (χ0) is 44.2. The molecule has 3 aliphatic rings. The fourth-order valence-electron chi connectivity index (χ4n) is 9.29. The van der Waals surface area contributed by atoms with E-state index in [1.165, 1.54) is 7.11 Å². The van der Waals surface area contributed by atoms with Gasteiger partial charge in [-0.3, -0.25) is 4.79 Å². The van der Waals surface area contributed by atoms with Gasteiger partial charge in [0.2, 0.25) is 0 Å². The van der Waals surface area contributed by atoms with E-state index in [-0.39, 0.29) is 31.4 Å². The number of benzene rings is 1. The molecule has 59 heavy (non-hydrogen) atoms. The van der Waals surface area contributed by atoms with Crippen LogP contribution in [0.25, 0.3) is 0 Å². The van der Waals surface area contributed by atoms with Crippen molar-refractivity contribution in [3.8, 4) is 0 Å². The van der Waals surface area contributed by atoms with Crippen molar-refractivity contribution in [2.24, 2.45) is 17.8 Å². The van der Waals surface area contributed by atoms with E-state index < -0.39 is 102 Å². The normalized spacial score (nSPS) is 43.9. The first-order valence-corrected chi connectivity index (χ1v) is 21.1. The first-order valence-electron chi connectivity index (χ1n) is 21.1. The molecule has 0 spiro atoms. The maximum absolute atomic E-state index is 14.4. The average molecular weight is 836 g/mol. The number of likely N-dealkylation sites (N-methyl/N-ethyl adjacent to an activating group) is 1. The van der Waals surface area contributed by atoms with E-state index in [9.17, 15) is 24.9 Å². The van der Waals surface area contributed by atoms with E-state index in [0.29, 0.717) is 17.6 Å². The van der Waals surface area contributed by atoms with E-state index in [0.717, 1.165) is 0 Å². The summed E-state index contributed by atoms with van der Waals surface area (Å²) in [5.41, 5.74) is -2.96. The second-order valence-corrected chi connectivity index (χ2v) is 18.2. The van der Waals surface area contributed by atoms with Crippen molar-refractivity contribution >= 4 is 11.9 Å². The van der Waals surface area contributed by atoms with Crippen molar-refractivity contribution in [2.75, 3.05) is 28.3 Å². The average Bonchev–Trinajstić information content (AvgIpc) is 3.19. The molecule has 0 bridgehead atoms. The summed E-state index contributed by atoms with van der Waals surface area (Å²) in [5, 5.41) is 34.5. The molecule has 17 atom stereocenters. The number of aliphatic hydroxyl groups is 3. The van der Waals surface area contributed by atoms with Gasteiger partial charge in [0.1, 0.15) is 17.8 Å². The van der Waals surface area contributed by atoms with Crippen LogP contribution in [0.5, 0.6) is 0 Å². The van der Waals surface area contributed by atoms with Crippen molar-refractivity contribution < 1.29 is 62.8 Å². The molecule has 336 valence electrons. The first kappa shape index (κ1) is 49.2. The number of carbonyl (C=O) groups excluding carboxylic acids is 2. The van der Waals surface area contributed by atoms with E-state index in [1.807, 2.05) is 59.7 Å². The molecule has 3 aliphatic heterocycles. The number of carbonyl (C=O) groups is 2. The van der Waals surface area contributed by atoms with Crippen LogP contribution in [-0.4, -0.2) is 145 Å². The molecule has 3 N–H and O–H groups in total.